The van der Waals surface area contributed by atoms with Crippen molar-refractivity contribution in [1.82, 2.24) is 9.88 Å². The summed E-state index contributed by atoms with van der Waals surface area (Å²) < 4.78 is 6.17. The summed E-state index contributed by atoms with van der Waals surface area (Å²) in [6.07, 6.45) is 1.06. The topological polar surface area (TPSA) is 25.4 Å². The maximum Gasteiger partial charge on any atom is 0.279 e. The number of likely N-dealkylation sites (N-methyl/N-ethyl adjacent to an activating group) is 1. The van der Waals surface area contributed by atoms with Crippen LogP contribution in [0.1, 0.15) is 28.5 Å². The Morgan fingerprint density at radius 2 is 1.78 bits per heavy atom. The van der Waals surface area contributed by atoms with Crippen LogP contribution in [0.3, 0.4) is 0 Å². The van der Waals surface area contributed by atoms with Gasteiger partial charge in [-0.25, -0.2) is 4.98 Å². The van der Waals surface area contributed by atoms with Gasteiger partial charge in [0, 0.05) is 17.0 Å². The molecule has 3 nitrogen and oxygen atoms in total. The lowest BCUT2D eigenvalue weighted by molar-refractivity contribution is 0.357. The lowest BCUT2D eigenvalue weighted by atomic mass is 10.0. The minimum absolute atomic E-state index is 0.701. The Kier molecular flexibility index (Phi) is 6.30. The van der Waals surface area contributed by atoms with Crippen molar-refractivity contribution >= 4 is 11.3 Å². The minimum atomic E-state index is 0.701. The molecule has 0 aliphatic carbocycles. The zero-order valence-corrected chi connectivity index (χ0v) is 17.7. The highest BCUT2D eigenvalue weighted by Gasteiger charge is 2.13. The molecule has 0 spiro atoms. The van der Waals surface area contributed by atoms with Crippen LogP contribution in [0.2, 0.25) is 0 Å². The molecule has 1 aromatic heterocycles. The molecule has 4 heteroatoms. The smallest absolute Gasteiger partial charge is 0.279 e. The molecule has 0 amide bonds. The monoisotopic (exact) mass is 380 g/mol. The highest BCUT2D eigenvalue weighted by molar-refractivity contribution is 7.13. The van der Waals surface area contributed by atoms with Gasteiger partial charge < -0.3 is 9.64 Å². The number of hydrogen-bond donors (Lipinski definition) is 0. The van der Waals surface area contributed by atoms with Gasteiger partial charge in [-0.05, 0) is 63.5 Å². The van der Waals surface area contributed by atoms with E-state index in [0.717, 1.165) is 42.1 Å². The Balaban J connectivity index is 1.79. The summed E-state index contributed by atoms with van der Waals surface area (Å²) in [6.45, 7) is 10.7. The van der Waals surface area contributed by atoms with Crippen molar-refractivity contribution in [2.45, 2.75) is 34.1 Å². The molecule has 3 rings (SSSR count). The molecule has 0 radical (unpaired) electrons. The molecule has 0 atom stereocenters. The van der Waals surface area contributed by atoms with Crippen LogP contribution in [0.5, 0.6) is 10.9 Å². The first kappa shape index (κ1) is 19.6. The second kappa shape index (κ2) is 8.68. The Hall–Kier alpha value is -2.17. The zero-order chi connectivity index (χ0) is 19.4. The van der Waals surface area contributed by atoms with E-state index in [2.05, 4.69) is 63.9 Å². The van der Waals surface area contributed by atoms with Crippen LogP contribution < -0.4 is 4.74 Å². The third-order valence-corrected chi connectivity index (χ3v) is 5.81. The normalized spacial score (nSPS) is 11.2. The Morgan fingerprint density at radius 1 is 1.04 bits per heavy atom. The van der Waals surface area contributed by atoms with Crippen molar-refractivity contribution in [3.8, 4) is 22.2 Å². The minimum Gasteiger partial charge on any atom is -0.431 e. The predicted molar refractivity (Wildman–Crippen MR) is 115 cm³/mol. The Bertz CT molecular complexity index is 902. The van der Waals surface area contributed by atoms with Crippen LogP contribution in [0, 0.1) is 20.8 Å². The highest BCUT2D eigenvalue weighted by atomic mass is 32.1. The summed E-state index contributed by atoms with van der Waals surface area (Å²) in [5.74, 6) is 0.897. The standard InChI is InChI=1S/C23H28N2OS/c1-6-25(5)13-12-20-14-17(3)21(15-16(20)2)26-23-24-22(18(4)27-23)19-10-8-7-9-11-19/h7-11,14-15H,6,12-13H2,1-5H3. The quantitative estimate of drug-likeness (QED) is 0.501. The summed E-state index contributed by atoms with van der Waals surface area (Å²) in [6, 6.07) is 14.7. The van der Waals surface area contributed by atoms with E-state index in [9.17, 15) is 0 Å². The molecule has 0 aliphatic rings. The maximum atomic E-state index is 6.17. The average Bonchev–Trinajstić information content (AvgIpc) is 3.04. The van der Waals surface area contributed by atoms with E-state index in [1.165, 1.54) is 16.0 Å². The van der Waals surface area contributed by atoms with Crippen molar-refractivity contribution in [1.29, 1.82) is 0 Å². The van der Waals surface area contributed by atoms with Crippen LogP contribution in [-0.4, -0.2) is 30.0 Å². The molecule has 0 saturated carbocycles. The van der Waals surface area contributed by atoms with Crippen LogP contribution in [0.15, 0.2) is 42.5 Å². The number of aryl methyl sites for hydroxylation is 3. The van der Waals surface area contributed by atoms with Crippen molar-refractivity contribution in [3.05, 3.63) is 64.0 Å². The fourth-order valence-corrected chi connectivity index (χ4v) is 3.86. The number of thiazole rings is 1. The number of nitrogens with zero attached hydrogens (tertiary/aromatic N) is 2. The largest absolute Gasteiger partial charge is 0.431 e. The SMILES string of the molecule is CCN(C)CCc1cc(C)c(Oc2nc(-c3ccccc3)c(C)s2)cc1C. The first-order valence-corrected chi connectivity index (χ1v) is 10.3. The molecule has 1 heterocycles. The van der Waals surface area contributed by atoms with E-state index in [1.807, 2.05) is 18.2 Å². The van der Waals surface area contributed by atoms with E-state index in [-0.39, 0.29) is 0 Å². The van der Waals surface area contributed by atoms with E-state index in [4.69, 9.17) is 9.72 Å². The molecule has 0 N–H and O–H groups in total. The summed E-state index contributed by atoms with van der Waals surface area (Å²) >= 11 is 1.60. The number of benzene rings is 2. The third kappa shape index (κ3) is 4.76. The van der Waals surface area contributed by atoms with Crippen molar-refractivity contribution < 1.29 is 4.74 Å². The van der Waals surface area contributed by atoms with Crippen molar-refractivity contribution in [2.24, 2.45) is 0 Å². The third-order valence-electron chi connectivity index (χ3n) is 4.96. The number of hydrogen-bond acceptors (Lipinski definition) is 4. The van der Waals surface area contributed by atoms with Gasteiger partial charge in [0.25, 0.3) is 5.19 Å². The van der Waals surface area contributed by atoms with Crippen molar-refractivity contribution in [3.63, 3.8) is 0 Å². The fraction of sp³-hybridized carbons (Fsp3) is 0.348. The summed E-state index contributed by atoms with van der Waals surface area (Å²) in [5, 5.41) is 0.701. The molecule has 0 aliphatic heterocycles. The number of ether oxygens (including phenoxy) is 1. The molecule has 0 bridgehead atoms. The second-order valence-corrected chi connectivity index (χ2v) is 8.21. The van der Waals surface area contributed by atoms with Gasteiger partial charge in [-0.3, -0.25) is 0 Å². The molecular formula is C23H28N2OS. The Labute approximate surface area is 166 Å². The van der Waals surface area contributed by atoms with Crippen LogP contribution in [0.25, 0.3) is 11.3 Å². The molecule has 0 saturated heterocycles. The van der Waals surface area contributed by atoms with Crippen molar-refractivity contribution in [2.75, 3.05) is 20.1 Å². The van der Waals surface area contributed by atoms with Gasteiger partial charge in [0.15, 0.2) is 0 Å². The van der Waals surface area contributed by atoms with E-state index in [1.54, 1.807) is 11.3 Å². The molecule has 3 aromatic rings. The summed E-state index contributed by atoms with van der Waals surface area (Å²) in [7, 11) is 2.16. The van der Waals surface area contributed by atoms with E-state index in [0.29, 0.717) is 5.19 Å². The van der Waals surface area contributed by atoms with Gasteiger partial charge in [0.1, 0.15) is 5.75 Å². The van der Waals surface area contributed by atoms with Gasteiger partial charge in [-0.2, -0.15) is 0 Å². The van der Waals surface area contributed by atoms with E-state index >= 15 is 0 Å². The van der Waals surface area contributed by atoms with Gasteiger partial charge in [0.05, 0.1) is 5.69 Å². The molecular weight excluding hydrogens is 352 g/mol. The molecule has 0 unspecified atom stereocenters. The molecule has 27 heavy (non-hydrogen) atoms. The highest BCUT2D eigenvalue weighted by Crippen LogP contribution is 2.35. The zero-order valence-electron chi connectivity index (χ0n) is 16.9. The van der Waals surface area contributed by atoms with Gasteiger partial charge in [-0.15, -0.1) is 0 Å². The van der Waals surface area contributed by atoms with Crippen LogP contribution in [-0.2, 0) is 6.42 Å². The lowest BCUT2D eigenvalue weighted by Crippen LogP contribution is -2.20. The Morgan fingerprint density at radius 3 is 2.48 bits per heavy atom. The first-order chi connectivity index (χ1) is 13.0. The second-order valence-electron chi connectivity index (χ2n) is 7.04. The number of aromatic nitrogens is 1. The van der Waals surface area contributed by atoms with Crippen LogP contribution >= 0.6 is 11.3 Å². The average molecular weight is 381 g/mol. The van der Waals surface area contributed by atoms with Gasteiger partial charge in [-0.1, -0.05) is 54.7 Å². The molecule has 0 fully saturated rings. The molecule has 142 valence electrons. The van der Waals surface area contributed by atoms with Gasteiger partial charge in [0.2, 0.25) is 0 Å². The fourth-order valence-electron chi connectivity index (χ4n) is 3.07. The summed E-state index contributed by atoms with van der Waals surface area (Å²) in [5.41, 5.74) is 5.95. The van der Waals surface area contributed by atoms with Crippen LogP contribution in [0.4, 0.5) is 0 Å². The predicted octanol–water partition coefficient (Wildman–Crippen LogP) is 6.02. The van der Waals surface area contributed by atoms with Gasteiger partial charge >= 0.3 is 0 Å². The lowest BCUT2D eigenvalue weighted by Gasteiger charge is -2.16. The van der Waals surface area contributed by atoms with E-state index < -0.39 is 0 Å². The maximum absolute atomic E-state index is 6.17. The number of rotatable bonds is 7. The summed E-state index contributed by atoms with van der Waals surface area (Å²) in [4.78, 5) is 8.24. The molecule has 2 aromatic carbocycles. The first-order valence-electron chi connectivity index (χ1n) is 9.47.